The molecule has 4 rings (SSSR count). The third kappa shape index (κ3) is 5.75. The van der Waals surface area contributed by atoms with Crippen LogP contribution in [-0.4, -0.2) is 59.4 Å². The fraction of sp³-hybridized carbons (Fsp3) is 0.391. The molecule has 1 aromatic heterocycles. The molecule has 5 nitrogen and oxygen atoms in total. The number of ether oxygens (including phenoxy) is 1. The number of aromatic nitrogens is 1. The van der Waals surface area contributed by atoms with Crippen molar-refractivity contribution in [3.05, 3.63) is 70.6 Å². The van der Waals surface area contributed by atoms with Gasteiger partial charge in [-0.2, -0.15) is 0 Å². The summed E-state index contributed by atoms with van der Waals surface area (Å²) in [6, 6.07) is 9.45. The van der Waals surface area contributed by atoms with Gasteiger partial charge in [0.1, 0.15) is 18.5 Å². The quantitative estimate of drug-likeness (QED) is 0.608. The number of hydrogen-bond acceptors (Lipinski definition) is 5. The Morgan fingerprint density at radius 2 is 1.93 bits per heavy atom. The first kappa shape index (κ1) is 21.2. The lowest BCUT2D eigenvalue weighted by Gasteiger charge is -2.32. The summed E-state index contributed by atoms with van der Waals surface area (Å²) in [6.45, 7) is 4.94. The Labute approximate surface area is 188 Å². The Balaban J connectivity index is 1.14. The van der Waals surface area contributed by atoms with Crippen molar-refractivity contribution in [3.63, 3.8) is 0 Å². The number of pyridine rings is 1. The molecule has 0 N–H and O–H groups in total. The highest BCUT2D eigenvalue weighted by atomic mass is 35.5. The molecule has 30 heavy (non-hydrogen) atoms. The average molecular weight is 445 g/mol. The van der Waals surface area contributed by atoms with Crippen LogP contribution >= 0.6 is 23.2 Å². The fourth-order valence-electron chi connectivity index (χ4n) is 3.78. The summed E-state index contributed by atoms with van der Waals surface area (Å²) in [5.41, 5.74) is 2.07. The molecule has 0 aliphatic carbocycles. The predicted octanol–water partition coefficient (Wildman–Crippen LogP) is 4.90. The molecule has 1 fully saturated rings. The van der Waals surface area contributed by atoms with E-state index in [0.717, 1.165) is 62.5 Å². The third-order valence-corrected chi connectivity index (χ3v) is 6.21. The van der Waals surface area contributed by atoms with Gasteiger partial charge in [0.25, 0.3) is 0 Å². The lowest BCUT2D eigenvalue weighted by Crippen LogP contribution is -2.39. The van der Waals surface area contributed by atoms with Crippen molar-refractivity contribution in [1.29, 1.82) is 0 Å². The third-order valence-electron chi connectivity index (χ3n) is 5.47. The smallest absolute Gasteiger partial charge is 0.121 e. The molecule has 7 heteroatoms. The Morgan fingerprint density at radius 1 is 1.07 bits per heavy atom. The first-order valence-corrected chi connectivity index (χ1v) is 11.1. The van der Waals surface area contributed by atoms with Gasteiger partial charge in [0, 0.05) is 49.9 Å². The van der Waals surface area contributed by atoms with Crippen molar-refractivity contribution in [2.24, 2.45) is 4.99 Å². The van der Waals surface area contributed by atoms with Crippen molar-refractivity contribution in [2.45, 2.75) is 25.4 Å². The van der Waals surface area contributed by atoms with Crippen LogP contribution < -0.4 is 4.74 Å². The van der Waals surface area contributed by atoms with Gasteiger partial charge >= 0.3 is 0 Å². The number of piperidine rings is 1. The Bertz CT molecular complexity index is 895. The molecule has 0 amide bonds. The molecule has 0 spiro atoms. The number of aliphatic imine (C=N–C) groups is 1. The van der Waals surface area contributed by atoms with Crippen LogP contribution in [0.3, 0.4) is 0 Å². The maximum absolute atomic E-state index is 6.08. The van der Waals surface area contributed by atoms with Crippen LogP contribution in [0.15, 0.2) is 60.0 Å². The van der Waals surface area contributed by atoms with E-state index in [4.69, 9.17) is 27.9 Å². The van der Waals surface area contributed by atoms with E-state index in [1.165, 1.54) is 0 Å². The number of rotatable bonds is 7. The van der Waals surface area contributed by atoms with E-state index in [-0.39, 0.29) is 6.10 Å². The van der Waals surface area contributed by atoms with Gasteiger partial charge in [-0.15, -0.1) is 0 Å². The van der Waals surface area contributed by atoms with Crippen LogP contribution in [0.5, 0.6) is 5.75 Å². The predicted molar refractivity (Wildman–Crippen MR) is 123 cm³/mol. The molecule has 0 bridgehead atoms. The van der Waals surface area contributed by atoms with E-state index in [1.807, 2.05) is 24.4 Å². The number of nitrogens with zero attached hydrogens (tertiary/aromatic N) is 4. The van der Waals surface area contributed by atoms with Gasteiger partial charge in [0.2, 0.25) is 0 Å². The van der Waals surface area contributed by atoms with E-state index in [9.17, 15) is 0 Å². The molecule has 0 radical (unpaired) electrons. The molecular weight excluding hydrogens is 419 g/mol. The lowest BCUT2D eigenvalue weighted by atomic mass is 10.1. The van der Waals surface area contributed by atoms with Crippen LogP contribution in [0.2, 0.25) is 10.0 Å². The molecular formula is C23H26Cl2N4O. The zero-order valence-electron chi connectivity index (χ0n) is 16.9. The maximum atomic E-state index is 6.08. The second-order valence-corrected chi connectivity index (χ2v) is 8.46. The van der Waals surface area contributed by atoms with E-state index in [1.54, 1.807) is 18.3 Å². The highest BCUT2D eigenvalue weighted by Crippen LogP contribution is 2.28. The van der Waals surface area contributed by atoms with Crippen LogP contribution in [-0.2, 0) is 0 Å². The van der Waals surface area contributed by atoms with Gasteiger partial charge in [-0.3, -0.25) is 9.98 Å². The molecule has 1 saturated heterocycles. The van der Waals surface area contributed by atoms with Gasteiger partial charge in [0.05, 0.1) is 15.8 Å². The molecule has 2 aliphatic rings. The van der Waals surface area contributed by atoms with E-state index >= 15 is 0 Å². The first-order chi connectivity index (χ1) is 14.7. The normalized spacial score (nSPS) is 17.8. The number of hydrogen-bond donors (Lipinski definition) is 0. The summed E-state index contributed by atoms with van der Waals surface area (Å²) in [5, 5.41) is 1.09. The minimum Gasteiger partial charge on any atom is -0.490 e. The summed E-state index contributed by atoms with van der Waals surface area (Å²) in [6.07, 6.45) is 11.3. The van der Waals surface area contributed by atoms with Crippen molar-refractivity contribution in [1.82, 2.24) is 14.8 Å². The number of halogens is 2. The summed E-state index contributed by atoms with van der Waals surface area (Å²) in [7, 11) is 0. The minimum atomic E-state index is 0.240. The number of likely N-dealkylation sites (tertiary alicyclic amines) is 1. The largest absolute Gasteiger partial charge is 0.490 e. The van der Waals surface area contributed by atoms with E-state index < -0.39 is 0 Å². The van der Waals surface area contributed by atoms with Crippen LogP contribution in [0.4, 0.5) is 0 Å². The van der Waals surface area contributed by atoms with E-state index in [2.05, 4.69) is 32.1 Å². The van der Waals surface area contributed by atoms with Crippen LogP contribution in [0.1, 0.15) is 24.8 Å². The first-order valence-electron chi connectivity index (χ1n) is 10.4. The summed E-state index contributed by atoms with van der Waals surface area (Å²) >= 11 is 12.0. The number of benzene rings is 1. The molecule has 1 aromatic carbocycles. The molecule has 3 heterocycles. The van der Waals surface area contributed by atoms with Crippen LogP contribution in [0.25, 0.3) is 0 Å². The SMILES string of the molecule is Clc1ccc(OC2CCN(CCCN3C=CC(c4cccnc4)=NC3)CC2)cc1Cl. The second-order valence-electron chi connectivity index (χ2n) is 7.64. The lowest BCUT2D eigenvalue weighted by molar-refractivity contribution is 0.0986. The van der Waals surface area contributed by atoms with Crippen molar-refractivity contribution in [3.8, 4) is 5.75 Å². The van der Waals surface area contributed by atoms with Gasteiger partial charge in [-0.05, 0) is 56.1 Å². The summed E-state index contributed by atoms with van der Waals surface area (Å²) < 4.78 is 6.08. The minimum absolute atomic E-state index is 0.240. The Morgan fingerprint density at radius 3 is 2.63 bits per heavy atom. The molecule has 2 aliphatic heterocycles. The molecule has 0 unspecified atom stereocenters. The monoisotopic (exact) mass is 444 g/mol. The molecule has 158 valence electrons. The average Bonchev–Trinajstić information content (AvgIpc) is 2.79. The Kier molecular flexibility index (Phi) is 7.26. The van der Waals surface area contributed by atoms with E-state index in [0.29, 0.717) is 16.7 Å². The zero-order valence-corrected chi connectivity index (χ0v) is 18.4. The van der Waals surface area contributed by atoms with Gasteiger partial charge < -0.3 is 14.5 Å². The van der Waals surface area contributed by atoms with Crippen molar-refractivity contribution < 1.29 is 4.74 Å². The summed E-state index contributed by atoms with van der Waals surface area (Å²) in [5.74, 6) is 0.797. The number of allylic oxidation sites excluding steroid dienone is 1. The van der Waals surface area contributed by atoms with Crippen LogP contribution in [0, 0.1) is 0 Å². The second kappa shape index (κ2) is 10.3. The van der Waals surface area contributed by atoms with Gasteiger partial charge in [0.15, 0.2) is 0 Å². The maximum Gasteiger partial charge on any atom is 0.121 e. The highest BCUT2D eigenvalue weighted by Gasteiger charge is 2.20. The van der Waals surface area contributed by atoms with Crippen molar-refractivity contribution in [2.75, 3.05) is 32.8 Å². The Hall–Kier alpha value is -2.08. The topological polar surface area (TPSA) is 41.0 Å². The molecule has 0 saturated carbocycles. The standard InChI is InChI=1S/C23H26Cl2N4O/c24-21-5-4-20(15-22(21)25)30-19-6-12-28(13-7-19)10-2-11-29-14-8-23(27-17-29)18-3-1-9-26-16-18/h1,3-5,8-9,14-16,19H,2,6-7,10-13,17H2. The molecule has 2 aromatic rings. The fourth-order valence-corrected chi connectivity index (χ4v) is 4.07. The highest BCUT2D eigenvalue weighted by molar-refractivity contribution is 6.42. The van der Waals surface area contributed by atoms with Crippen molar-refractivity contribution >= 4 is 28.9 Å². The van der Waals surface area contributed by atoms with Gasteiger partial charge in [-0.25, -0.2) is 0 Å². The van der Waals surface area contributed by atoms with Gasteiger partial charge in [-0.1, -0.05) is 23.2 Å². The molecule has 0 atom stereocenters. The summed E-state index contributed by atoms with van der Waals surface area (Å²) in [4.78, 5) is 13.6. The zero-order chi connectivity index (χ0) is 20.8.